The largest absolute Gasteiger partial charge is 0.418 e. The van der Waals surface area contributed by atoms with E-state index in [1.807, 2.05) is 0 Å². The van der Waals surface area contributed by atoms with E-state index in [-0.39, 0.29) is 22.9 Å². The Kier molecular flexibility index (Phi) is 4.61. The summed E-state index contributed by atoms with van der Waals surface area (Å²) in [5, 5.41) is 8.77. The topological polar surface area (TPSA) is 80.0 Å². The van der Waals surface area contributed by atoms with Gasteiger partial charge in [0.1, 0.15) is 11.6 Å². The first-order chi connectivity index (χ1) is 12.3. The van der Waals surface area contributed by atoms with Crippen LogP contribution in [0.15, 0.2) is 53.2 Å². The number of aryl methyl sites for hydroxylation is 1. The number of nitrogens with zero attached hydrogens (tertiary/aromatic N) is 2. The highest BCUT2D eigenvalue weighted by Gasteiger charge is 2.33. The van der Waals surface area contributed by atoms with Crippen LogP contribution in [0.4, 0.5) is 30.5 Å². The van der Waals surface area contributed by atoms with E-state index < -0.39 is 17.6 Å². The first-order valence-corrected chi connectivity index (χ1v) is 7.47. The standard InChI is InChI=1S/C17H13F3N4O2/c1-10-8-15(24-26-10)23-16(25)11-6-7-21-14(9-11)22-13-5-3-2-4-12(13)17(18,19)20/h2-9H,1H3,(H,21,22)(H,23,24,25). The van der Waals surface area contributed by atoms with E-state index >= 15 is 0 Å². The third kappa shape index (κ3) is 4.00. The molecule has 0 radical (unpaired) electrons. The van der Waals surface area contributed by atoms with Crippen molar-refractivity contribution in [3.8, 4) is 0 Å². The van der Waals surface area contributed by atoms with Gasteiger partial charge in [0.2, 0.25) is 0 Å². The minimum atomic E-state index is -4.51. The van der Waals surface area contributed by atoms with Gasteiger partial charge in [0.05, 0.1) is 11.3 Å². The van der Waals surface area contributed by atoms with Crippen LogP contribution in [0, 0.1) is 6.92 Å². The molecule has 2 heterocycles. The molecule has 0 saturated carbocycles. The Labute approximate surface area is 146 Å². The fourth-order valence-corrected chi connectivity index (χ4v) is 2.23. The highest BCUT2D eigenvalue weighted by Crippen LogP contribution is 2.35. The lowest BCUT2D eigenvalue weighted by Gasteiger charge is -2.14. The number of benzene rings is 1. The maximum atomic E-state index is 13.1. The van der Waals surface area contributed by atoms with E-state index in [9.17, 15) is 18.0 Å². The third-order valence-corrected chi connectivity index (χ3v) is 3.39. The van der Waals surface area contributed by atoms with Crippen LogP contribution in [0.2, 0.25) is 0 Å². The number of alkyl halides is 3. The number of rotatable bonds is 4. The number of halogens is 3. The summed E-state index contributed by atoms with van der Waals surface area (Å²) in [6.07, 6.45) is -3.19. The molecule has 2 N–H and O–H groups in total. The van der Waals surface area contributed by atoms with E-state index in [2.05, 4.69) is 20.8 Å². The lowest BCUT2D eigenvalue weighted by atomic mass is 10.1. The minimum absolute atomic E-state index is 0.102. The van der Waals surface area contributed by atoms with Crippen molar-refractivity contribution >= 4 is 23.2 Å². The van der Waals surface area contributed by atoms with E-state index in [1.165, 1.54) is 42.6 Å². The van der Waals surface area contributed by atoms with Gasteiger partial charge in [-0.1, -0.05) is 17.3 Å². The number of carbonyl (C=O) groups excluding carboxylic acids is 1. The van der Waals surface area contributed by atoms with Crippen molar-refractivity contribution < 1.29 is 22.5 Å². The van der Waals surface area contributed by atoms with Gasteiger partial charge in [0.15, 0.2) is 5.82 Å². The second kappa shape index (κ2) is 6.87. The van der Waals surface area contributed by atoms with Crippen molar-refractivity contribution in [2.45, 2.75) is 13.1 Å². The Morgan fingerprint density at radius 3 is 2.58 bits per heavy atom. The Morgan fingerprint density at radius 2 is 1.88 bits per heavy atom. The molecule has 0 spiro atoms. The van der Waals surface area contributed by atoms with Gasteiger partial charge in [-0.15, -0.1) is 0 Å². The van der Waals surface area contributed by atoms with Crippen molar-refractivity contribution in [2.75, 3.05) is 10.6 Å². The Hall–Kier alpha value is -3.36. The Balaban J connectivity index is 1.81. The molecular formula is C17H13F3N4O2. The van der Waals surface area contributed by atoms with Gasteiger partial charge in [-0.2, -0.15) is 13.2 Å². The molecule has 0 aliphatic heterocycles. The molecule has 3 rings (SSSR count). The summed E-state index contributed by atoms with van der Waals surface area (Å²) in [5.74, 6) is 0.376. The van der Waals surface area contributed by atoms with Crippen LogP contribution in [-0.2, 0) is 6.18 Å². The predicted molar refractivity (Wildman–Crippen MR) is 88.2 cm³/mol. The van der Waals surface area contributed by atoms with Crippen molar-refractivity contribution in [2.24, 2.45) is 0 Å². The number of amides is 1. The Bertz CT molecular complexity index is 938. The van der Waals surface area contributed by atoms with Gasteiger partial charge in [-0.05, 0) is 31.2 Å². The summed E-state index contributed by atoms with van der Waals surface area (Å²) in [5.41, 5.74) is -0.778. The van der Waals surface area contributed by atoms with E-state index in [0.717, 1.165) is 6.07 Å². The molecular weight excluding hydrogens is 349 g/mol. The van der Waals surface area contributed by atoms with Gasteiger partial charge in [0, 0.05) is 17.8 Å². The maximum absolute atomic E-state index is 13.1. The smallest absolute Gasteiger partial charge is 0.360 e. The summed E-state index contributed by atoms with van der Waals surface area (Å²) >= 11 is 0. The average molecular weight is 362 g/mol. The molecule has 0 bridgehead atoms. The molecule has 0 fully saturated rings. The molecule has 134 valence electrons. The highest BCUT2D eigenvalue weighted by atomic mass is 19.4. The molecule has 1 aromatic carbocycles. The van der Waals surface area contributed by atoms with Crippen LogP contribution >= 0.6 is 0 Å². The predicted octanol–water partition coefficient (Wildman–Crippen LogP) is 4.39. The molecule has 0 aliphatic carbocycles. The molecule has 1 amide bonds. The molecule has 3 aromatic rings. The fraction of sp³-hybridized carbons (Fsp3) is 0.118. The molecule has 9 heteroatoms. The number of nitrogens with one attached hydrogen (secondary N) is 2. The molecule has 2 aromatic heterocycles. The lowest BCUT2D eigenvalue weighted by Crippen LogP contribution is -2.13. The number of pyridine rings is 1. The quantitative estimate of drug-likeness (QED) is 0.719. The Morgan fingerprint density at radius 1 is 1.12 bits per heavy atom. The zero-order valence-electron chi connectivity index (χ0n) is 13.5. The van der Waals surface area contributed by atoms with E-state index in [1.54, 1.807) is 6.92 Å². The van der Waals surface area contributed by atoms with Crippen molar-refractivity contribution in [1.82, 2.24) is 10.1 Å². The third-order valence-electron chi connectivity index (χ3n) is 3.39. The van der Waals surface area contributed by atoms with E-state index in [0.29, 0.717) is 5.76 Å². The SMILES string of the molecule is Cc1cc(NC(=O)c2ccnc(Nc3ccccc3C(F)(F)F)c2)no1. The van der Waals surface area contributed by atoms with Gasteiger partial charge in [0.25, 0.3) is 5.91 Å². The van der Waals surface area contributed by atoms with Gasteiger partial charge >= 0.3 is 6.18 Å². The van der Waals surface area contributed by atoms with Gasteiger partial charge < -0.3 is 15.2 Å². The lowest BCUT2D eigenvalue weighted by molar-refractivity contribution is -0.136. The van der Waals surface area contributed by atoms with Crippen LogP contribution < -0.4 is 10.6 Å². The van der Waals surface area contributed by atoms with Crippen LogP contribution in [0.5, 0.6) is 0 Å². The molecule has 6 nitrogen and oxygen atoms in total. The molecule has 26 heavy (non-hydrogen) atoms. The maximum Gasteiger partial charge on any atom is 0.418 e. The normalized spacial score (nSPS) is 11.2. The van der Waals surface area contributed by atoms with E-state index in [4.69, 9.17) is 4.52 Å². The second-order valence-electron chi connectivity index (χ2n) is 5.38. The number of para-hydroxylation sites is 1. The first kappa shape index (κ1) is 17.5. The van der Waals surface area contributed by atoms with Crippen LogP contribution in [0.1, 0.15) is 21.7 Å². The van der Waals surface area contributed by atoms with Crippen molar-refractivity contribution in [3.63, 3.8) is 0 Å². The van der Waals surface area contributed by atoms with Gasteiger partial charge in [-0.25, -0.2) is 4.98 Å². The van der Waals surface area contributed by atoms with Gasteiger partial charge in [-0.3, -0.25) is 4.79 Å². The van der Waals surface area contributed by atoms with Crippen LogP contribution in [0.3, 0.4) is 0 Å². The summed E-state index contributed by atoms with van der Waals surface area (Å²) in [7, 11) is 0. The highest BCUT2D eigenvalue weighted by molar-refractivity contribution is 6.04. The number of hydrogen-bond donors (Lipinski definition) is 2. The monoisotopic (exact) mass is 362 g/mol. The van der Waals surface area contributed by atoms with Crippen molar-refractivity contribution in [1.29, 1.82) is 0 Å². The first-order valence-electron chi connectivity index (χ1n) is 7.47. The van der Waals surface area contributed by atoms with Crippen LogP contribution in [-0.4, -0.2) is 16.0 Å². The summed E-state index contributed by atoms with van der Waals surface area (Å²) in [4.78, 5) is 16.2. The molecule has 0 aliphatic rings. The zero-order valence-corrected chi connectivity index (χ0v) is 13.5. The van der Waals surface area contributed by atoms with Crippen molar-refractivity contribution in [3.05, 3.63) is 65.5 Å². The zero-order chi connectivity index (χ0) is 18.7. The minimum Gasteiger partial charge on any atom is -0.360 e. The summed E-state index contributed by atoms with van der Waals surface area (Å²) < 4.78 is 44.0. The summed E-state index contributed by atoms with van der Waals surface area (Å²) in [6.45, 7) is 1.68. The summed E-state index contributed by atoms with van der Waals surface area (Å²) in [6, 6.07) is 9.34. The number of aromatic nitrogens is 2. The number of anilines is 3. The van der Waals surface area contributed by atoms with Crippen LogP contribution in [0.25, 0.3) is 0 Å². The second-order valence-corrected chi connectivity index (χ2v) is 5.38. The molecule has 0 saturated heterocycles. The average Bonchev–Trinajstić information content (AvgIpc) is 2.99. The number of carbonyl (C=O) groups is 1. The number of hydrogen-bond acceptors (Lipinski definition) is 5. The molecule has 0 unspecified atom stereocenters. The fourth-order valence-electron chi connectivity index (χ4n) is 2.23. The molecule has 0 atom stereocenters.